The number of fused-ring (bicyclic) bond motifs is 3. The van der Waals surface area contributed by atoms with Crippen molar-refractivity contribution in [3.05, 3.63) is 0 Å². The van der Waals surface area contributed by atoms with Gasteiger partial charge in [0.25, 0.3) is 0 Å². The van der Waals surface area contributed by atoms with Crippen LogP contribution >= 0.6 is 0 Å². The zero-order chi connectivity index (χ0) is 80.3. The molecule has 8 aliphatic rings. The average molecular weight is 1560 g/mol. The third kappa shape index (κ3) is 21.2. The number of likely N-dealkylation sites (N-methyl/N-ethyl adjacent to an activating group) is 6. The topological polar surface area (TPSA) is 279 Å². The van der Waals surface area contributed by atoms with Crippen molar-refractivity contribution in [2.24, 2.45) is 41.4 Å². The van der Waals surface area contributed by atoms with Crippen LogP contribution in [0, 0.1) is 41.4 Å². The molecule has 3 N–H and O–H groups in total. The summed E-state index contributed by atoms with van der Waals surface area (Å²) >= 11 is 0. The van der Waals surface area contributed by atoms with Crippen LogP contribution in [-0.4, -0.2) is 288 Å². The van der Waals surface area contributed by atoms with Gasteiger partial charge in [0.15, 0.2) is 0 Å². The van der Waals surface area contributed by atoms with Crippen LogP contribution in [0.3, 0.4) is 0 Å². The molecule has 25 nitrogen and oxygen atoms in total. The normalized spacial score (nSPS) is 31.8. The van der Waals surface area contributed by atoms with Crippen molar-refractivity contribution in [1.82, 2.24) is 60.0 Å². The fraction of sp³-hybridized carbons (Fsp3) is 0.842. The Balaban J connectivity index is 1.20. The van der Waals surface area contributed by atoms with Gasteiger partial charge in [0.1, 0.15) is 72.1 Å². The molecule has 2 unspecified atom stereocenters. The van der Waals surface area contributed by atoms with Gasteiger partial charge < -0.3 is 64.8 Å². The number of rotatable bonds is 12. The molecule has 4 aliphatic carbocycles. The van der Waals surface area contributed by atoms with Gasteiger partial charge in [-0.3, -0.25) is 57.5 Å². The van der Waals surface area contributed by atoms with Gasteiger partial charge in [-0.1, -0.05) is 59.8 Å². The Hall–Kier alpha value is -6.96. The molecule has 11 atom stereocenters. The van der Waals surface area contributed by atoms with Crippen molar-refractivity contribution >= 4 is 70.9 Å². The number of hydrogen-bond acceptors (Lipinski definition) is 13. The molecule has 8 fully saturated rings. The van der Waals surface area contributed by atoms with E-state index in [4.69, 9.17) is 4.74 Å². The maximum atomic E-state index is 15.8. The monoisotopic (exact) mass is 1560 g/mol. The lowest BCUT2D eigenvalue weighted by Gasteiger charge is -2.42. The zero-order valence-electron chi connectivity index (χ0n) is 65.2. The first kappa shape index (κ1) is 87.6. The minimum atomic E-state index is -5.20. The summed E-state index contributed by atoms with van der Waals surface area (Å²) in [7, 11) is 6.83. The molecule has 0 aromatic carbocycles. The Bertz CT molecular complexity index is 3210. The molecule has 0 aromatic rings. The van der Waals surface area contributed by atoms with E-state index in [9.17, 15) is 35.9 Å². The highest BCUT2D eigenvalue weighted by Crippen LogP contribution is 2.46. The maximum absolute atomic E-state index is 15.8. The largest absolute Gasteiger partial charge is 0.397 e. The number of carbonyl (C=O) groups is 12. The quantitative estimate of drug-likeness (QED) is 0.171. The van der Waals surface area contributed by atoms with Gasteiger partial charge in [-0.2, -0.15) is 26.3 Å². The Kier molecular flexibility index (Phi) is 30.6. The molecule has 616 valence electrons. The first-order valence-electron chi connectivity index (χ1n) is 39.7. The van der Waals surface area contributed by atoms with E-state index in [1.54, 1.807) is 20.8 Å². The number of amides is 12. The number of morpholine rings is 1. The van der Waals surface area contributed by atoms with Crippen LogP contribution in [0.4, 0.5) is 35.1 Å². The lowest BCUT2D eigenvalue weighted by Crippen LogP contribution is -2.65. The summed E-state index contributed by atoms with van der Waals surface area (Å²) in [5.74, 6) is -16.4. The number of hydrogen-bond donors (Lipinski definition) is 3. The van der Waals surface area contributed by atoms with Crippen molar-refractivity contribution < 1.29 is 97.4 Å². The summed E-state index contributed by atoms with van der Waals surface area (Å²) in [6.45, 7) is 7.68. The summed E-state index contributed by atoms with van der Waals surface area (Å²) in [6.07, 6.45) is -13.7. The molecular formula is C76H118F8N12O13. The molecule has 4 saturated carbocycles. The van der Waals surface area contributed by atoms with Crippen LogP contribution in [0.5, 0.6) is 0 Å². The number of halogens is 8. The zero-order valence-corrected chi connectivity index (χ0v) is 65.2. The Labute approximate surface area is 635 Å². The Morgan fingerprint density at radius 3 is 1.77 bits per heavy atom. The predicted octanol–water partition coefficient (Wildman–Crippen LogP) is 6.72. The van der Waals surface area contributed by atoms with Crippen LogP contribution in [0.25, 0.3) is 0 Å². The summed E-state index contributed by atoms with van der Waals surface area (Å²) in [4.78, 5) is 193. The summed E-state index contributed by atoms with van der Waals surface area (Å²) in [5.41, 5.74) is -1.67. The molecule has 1 spiro atoms. The molecule has 2 bridgehead atoms. The van der Waals surface area contributed by atoms with Crippen molar-refractivity contribution in [2.45, 2.75) is 274 Å². The second-order valence-electron chi connectivity index (χ2n) is 32.7. The van der Waals surface area contributed by atoms with Crippen molar-refractivity contribution in [1.29, 1.82) is 0 Å². The van der Waals surface area contributed by atoms with E-state index in [2.05, 4.69) is 16.0 Å². The molecule has 109 heavy (non-hydrogen) atoms. The molecule has 8 rings (SSSR count). The van der Waals surface area contributed by atoms with Crippen LogP contribution in [0.2, 0.25) is 0 Å². The van der Waals surface area contributed by atoms with Crippen LogP contribution in [-0.2, 0) is 62.3 Å². The van der Waals surface area contributed by atoms with E-state index in [1.165, 1.54) is 74.4 Å². The van der Waals surface area contributed by atoms with Gasteiger partial charge >= 0.3 is 12.4 Å². The third-order valence-electron chi connectivity index (χ3n) is 25.0. The summed E-state index contributed by atoms with van der Waals surface area (Å²) < 4.78 is 121. The van der Waals surface area contributed by atoms with Gasteiger partial charge in [-0.25, -0.2) is 8.78 Å². The molecule has 33 heteroatoms. The number of nitrogens with one attached hydrogen (secondary N) is 3. The van der Waals surface area contributed by atoms with E-state index in [0.29, 0.717) is 51.4 Å². The third-order valence-corrected chi connectivity index (χ3v) is 25.0. The first-order chi connectivity index (χ1) is 51.3. The molecule has 0 radical (unpaired) electrons. The van der Waals surface area contributed by atoms with Crippen molar-refractivity contribution in [2.75, 3.05) is 94.3 Å². The van der Waals surface area contributed by atoms with E-state index in [0.717, 1.165) is 4.90 Å². The van der Waals surface area contributed by atoms with E-state index in [-0.39, 0.29) is 135 Å². The lowest BCUT2D eigenvalue weighted by atomic mass is 9.76. The standard InChI is InChI=1S/C76H118F8N12O13/c1-11-46(5)63-71(106)93(12-2)44-61(99)89(7)55-22-15-18-32-96(70(55)105)58(41-47-24-27-50(28-25-47)75(79,80)81)68(103)88(6)43-59(97)85-53(29-26-48-39-51(77)62(52(78)40-48)76(82,83)84)67(102)95-33-19-23-54(95)66(101)87-74(30-16-17-31-74)73(108)92(10)64(49-20-13-14-21-49)72(107)91(9)57(69(104)94-34-36-109-37-35-94)42-60(98)90(8)56(38-45(3)4)65(100)86-63/h45-58,62-64H,11-44H2,1-10H3,(H,85,97)(H,86,100)(H,87,101)/t46-,47?,48?,50?,51?,52?,53-,54-,55-,56-,57-,58-,62?,63-,64-/m0/s1. The van der Waals surface area contributed by atoms with Crippen molar-refractivity contribution in [3.8, 4) is 0 Å². The smallest absolute Gasteiger partial charge is 0.378 e. The minimum absolute atomic E-state index is 0.0179. The van der Waals surface area contributed by atoms with Gasteiger partial charge in [-0.15, -0.1) is 0 Å². The van der Waals surface area contributed by atoms with Crippen LogP contribution < -0.4 is 16.0 Å². The fourth-order valence-electron chi connectivity index (χ4n) is 18.1. The molecule has 4 heterocycles. The highest BCUT2D eigenvalue weighted by molar-refractivity contribution is 6.01. The number of ether oxygens (including phenoxy) is 1. The SMILES string of the molecule is CC[C@H](C)[C@@H]1NC(=O)[C@H](CC(C)C)N(C)C(=O)C[C@@H](C(=O)N2CCOCC2)N(C)C(=O)[C@H](C2CCCC2)N(C)C(=O)C2(CCCC2)NC(=O)[C@@H]2CCCN2C(=O)[C@H](CCC2CC(F)C(C(F)(F)F)C(F)C2)NC(=O)CN(C)C(=O)[C@H](CC2CCC(C(F)(F)F)CC2)N2CCCC[C@@H](C2=O)N(C)C(=O)CN(CC)C1=O. The van der Waals surface area contributed by atoms with Gasteiger partial charge in [-0.05, 0) is 159 Å². The molecule has 0 aromatic heterocycles. The van der Waals surface area contributed by atoms with E-state index >= 15 is 56.7 Å². The van der Waals surface area contributed by atoms with E-state index < -0.39 is 224 Å². The van der Waals surface area contributed by atoms with Crippen LogP contribution in [0.15, 0.2) is 0 Å². The molecule has 4 aliphatic heterocycles. The lowest BCUT2D eigenvalue weighted by molar-refractivity contribution is -0.219. The van der Waals surface area contributed by atoms with Gasteiger partial charge in [0, 0.05) is 68.0 Å². The summed E-state index contributed by atoms with van der Waals surface area (Å²) in [5, 5.41) is 8.55. The maximum Gasteiger partial charge on any atom is 0.397 e. The van der Waals surface area contributed by atoms with Crippen LogP contribution in [0.1, 0.15) is 195 Å². The highest BCUT2D eigenvalue weighted by atomic mass is 19.4. The summed E-state index contributed by atoms with van der Waals surface area (Å²) in [6, 6.07) is -11.0. The number of alkyl halides is 8. The second kappa shape index (κ2) is 38.0. The van der Waals surface area contributed by atoms with E-state index in [1.807, 2.05) is 13.8 Å². The fourth-order valence-corrected chi connectivity index (χ4v) is 18.1. The Morgan fingerprint density at radius 1 is 0.578 bits per heavy atom. The molecular weight excluding hydrogens is 1440 g/mol. The van der Waals surface area contributed by atoms with Crippen molar-refractivity contribution in [3.63, 3.8) is 0 Å². The number of nitrogens with zero attached hydrogens (tertiary/aromatic N) is 9. The number of carbonyl (C=O) groups excluding carboxylic acids is 12. The molecule has 4 saturated heterocycles. The predicted molar refractivity (Wildman–Crippen MR) is 384 cm³/mol. The first-order valence-corrected chi connectivity index (χ1v) is 39.7. The average Bonchev–Trinajstić information content (AvgIpc) is 1.71. The minimum Gasteiger partial charge on any atom is -0.378 e. The van der Waals surface area contributed by atoms with Gasteiger partial charge in [0.2, 0.25) is 70.9 Å². The highest BCUT2D eigenvalue weighted by Gasteiger charge is 2.56. The van der Waals surface area contributed by atoms with Gasteiger partial charge in [0.05, 0.1) is 38.6 Å². The second-order valence-corrected chi connectivity index (χ2v) is 32.7. The molecule has 12 amide bonds. The Morgan fingerprint density at radius 2 is 1.18 bits per heavy atom.